The van der Waals surface area contributed by atoms with Gasteiger partial charge in [0.15, 0.2) is 0 Å². The van der Waals surface area contributed by atoms with Crippen LogP contribution in [0.25, 0.3) is 0 Å². The van der Waals surface area contributed by atoms with Gasteiger partial charge in [0, 0.05) is 0 Å². The van der Waals surface area contributed by atoms with E-state index in [-0.39, 0.29) is 251 Å². The van der Waals surface area contributed by atoms with Crippen LogP contribution in [-0.2, 0) is 76.4 Å². The lowest BCUT2D eigenvalue weighted by Crippen LogP contribution is -2.48. The quantitative estimate of drug-likeness (QED) is 0.0136. The Balaban J connectivity index is -0.0000000486. The number of ether oxygens (including phenoxy) is 12. The third kappa shape index (κ3) is 91.7. The molecule has 0 unspecified atom stereocenters. The Labute approximate surface area is 599 Å². The Hall–Kier alpha value is -2.32. The van der Waals surface area contributed by atoms with Crippen LogP contribution in [0.3, 0.4) is 0 Å². The molecule has 0 aromatic heterocycles. The maximum Gasteiger partial charge on any atom is 0.111 e. The molecule has 0 rings (SSSR count). The van der Waals surface area contributed by atoms with Gasteiger partial charge >= 0.3 is 0 Å². The standard InChI is InChI=1S/C25H52O20.C17H36O12.4C2H4.16CH4/c26-1-5-34-9-21(10-35-6-2-27)38-17-25(19-40-23(13-42-30)14-43-31,20-41-24(15-44-32)16-45-33)18-39-22(11-36-7-3-28)12-37-8-4-29;18-1-13(2-19)26-9-17(10-27-14(3-20)4-21,11-28-15(5-22)6-23)12-29-16(7-24)8-25;4*1-2;;;;;;;;;;;;;;;;/h21-24,26-33H,1-20H2;13-16,18-25H,1-12H2;4*1-2H2;16*1H4. The van der Waals surface area contributed by atoms with Gasteiger partial charge in [0.1, 0.15) is 75.3 Å². The van der Waals surface area contributed by atoms with Crippen molar-refractivity contribution in [3.63, 3.8) is 0 Å². The molecular formula is C66H168O32. The zero-order valence-corrected chi connectivity index (χ0v) is 47.6. The lowest BCUT2D eigenvalue weighted by atomic mass is 9.91. The summed E-state index contributed by atoms with van der Waals surface area (Å²) in [4.78, 5) is 16.6. The molecule has 98 heavy (non-hydrogen) atoms. The number of aliphatic hydroxyl groups excluding tert-OH is 12. The predicted molar refractivity (Wildman–Crippen MR) is 398 cm³/mol. The second kappa shape index (κ2) is 125. The molecule has 0 aliphatic heterocycles. The van der Waals surface area contributed by atoms with E-state index in [0.717, 1.165) is 0 Å². The van der Waals surface area contributed by atoms with E-state index in [1.165, 1.54) is 0 Å². The normalized spacial score (nSPS) is 9.71. The minimum atomic E-state index is -1.26. The van der Waals surface area contributed by atoms with E-state index in [1.54, 1.807) is 0 Å². The molecular weight excluding hydrogens is 1300 g/mol. The van der Waals surface area contributed by atoms with Crippen molar-refractivity contribution in [2.45, 2.75) is 168 Å². The summed E-state index contributed by atoms with van der Waals surface area (Å²) < 4.78 is 67.6. The maximum atomic E-state index is 9.23. The maximum absolute atomic E-state index is 9.23. The van der Waals surface area contributed by atoms with Crippen LogP contribution >= 0.6 is 0 Å². The van der Waals surface area contributed by atoms with Crippen molar-refractivity contribution in [1.82, 2.24) is 0 Å². The highest BCUT2D eigenvalue weighted by Crippen LogP contribution is 2.26. The molecule has 0 fully saturated rings. The van der Waals surface area contributed by atoms with Crippen LogP contribution in [0.2, 0.25) is 0 Å². The molecule has 0 bridgehead atoms. The Morgan fingerprint density at radius 3 is 0.439 bits per heavy atom. The van der Waals surface area contributed by atoms with E-state index in [1.807, 2.05) is 0 Å². The van der Waals surface area contributed by atoms with Crippen molar-refractivity contribution in [2.24, 2.45) is 10.8 Å². The largest absolute Gasteiger partial charge is 0.394 e. The SMILES string of the molecule is C.C.C.C.C.C.C.C.C.C.C.C.C.C.C.C.C=C.C=C.C=C.C=C.OCC(CO)OCC(COC(CO)CO)(COC(CO)CO)COC(CO)CO.OCCOCC(COCCO)OCC(COC(COO)COO)(COC(COO)COO)COC(COCCO)COCCO. The smallest absolute Gasteiger partial charge is 0.111 e. The molecule has 0 amide bonds. The van der Waals surface area contributed by atoms with Crippen LogP contribution in [0.4, 0.5) is 0 Å². The van der Waals surface area contributed by atoms with E-state index in [0.29, 0.717) is 0 Å². The fraction of sp³-hybridized carbons (Fsp3) is 0.879. The van der Waals surface area contributed by atoms with Crippen LogP contribution in [0.5, 0.6) is 0 Å². The first-order valence-electron chi connectivity index (χ1n) is 25.5. The highest BCUT2D eigenvalue weighted by molar-refractivity contribution is 4.84. The molecule has 0 heterocycles. The molecule has 0 atom stereocenters. The molecule has 0 aromatic carbocycles. The molecule has 0 radical (unpaired) electrons. The molecule has 0 aliphatic rings. The fourth-order valence-corrected chi connectivity index (χ4v) is 5.54. The molecule has 32 heteroatoms. The zero-order chi connectivity index (χ0) is 63.6. The summed E-state index contributed by atoms with van der Waals surface area (Å²) in [6.07, 6.45) is -7.01. The van der Waals surface area contributed by atoms with Crippen molar-refractivity contribution in [1.29, 1.82) is 0 Å². The second-order valence-electron chi connectivity index (χ2n) is 16.3. The van der Waals surface area contributed by atoms with Gasteiger partial charge < -0.3 is 118 Å². The summed E-state index contributed by atoms with van der Waals surface area (Å²) in [5, 5.41) is 146. The van der Waals surface area contributed by atoms with Crippen molar-refractivity contribution in [2.75, 3.05) is 211 Å². The first-order chi connectivity index (χ1) is 39.9. The van der Waals surface area contributed by atoms with Gasteiger partial charge in [-0.25, -0.2) is 19.6 Å². The summed E-state index contributed by atoms with van der Waals surface area (Å²) in [6.45, 7) is 16.3. The number of hydrogen-bond donors (Lipinski definition) is 16. The van der Waals surface area contributed by atoms with Crippen molar-refractivity contribution < 1.29 is 159 Å². The first-order valence-corrected chi connectivity index (χ1v) is 25.5. The molecule has 0 aromatic rings. The number of rotatable bonds is 56. The van der Waals surface area contributed by atoms with Gasteiger partial charge in [-0.05, 0) is 0 Å². The van der Waals surface area contributed by atoms with Crippen LogP contribution in [0, 0.1) is 10.8 Å². The highest BCUT2D eigenvalue weighted by atomic mass is 17.1. The first kappa shape index (κ1) is 158. The summed E-state index contributed by atoms with van der Waals surface area (Å²) >= 11 is 0. The highest BCUT2D eigenvalue weighted by Gasteiger charge is 2.38. The third-order valence-electron chi connectivity index (χ3n) is 9.83. The van der Waals surface area contributed by atoms with Gasteiger partial charge in [-0.2, -0.15) is 0 Å². The van der Waals surface area contributed by atoms with Crippen LogP contribution in [0.15, 0.2) is 52.6 Å². The van der Waals surface area contributed by atoms with Gasteiger partial charge in [0.05, 0.1) is 196 Å². The number of aliphatic hydroxyl groups is 12. The van der Waals surface area contributed by atoms with Gasteiger partial charge in [0.2, 0.25) is 0 Å². The molecule has 0 saturated carbocycles. The van der Waals surface area contributed by atoms with Crippen LogP contribution in [0.1, 0.15) is 119 Å². The minimum Gasteiger partial charge on any atom is -0.394 e. The van der Waals surface area contributed by atoms with Crippen molar-refractivity contribution >= 4 is 0 Å². The predicted octanol–water partition coefficient (Wildman–Crippen LogP) is 6.35. The Bertz CT molecular complexity index is 1050. The molecule has 32 nitrogen and oxygen atoms in total. The second-order valence-corrected chi connectivity index (χ2v) is 16.3. The average molecular weight is 1470 g/mol. The monoisotopic (exact) mass is 1470 g/mol. The van der Waals surface area contributed by atoms with E-state index in [4.69, 9.17) is 98.3 Å². The van der Waals surface area contributed by atoms with Crippen LogP contribution < -0.4 is 0 Å². The van der Waals surface area contributed by atoms with Crippen LogP contribution in [-0.4, -0.2) is 343 Å². The van der Waals surface area contributed by atoms with E-state index >= 15 is 0 Å². The fourth-order valence-electron chi connectivity index (χ4n) is 5.54. The zero-order valence-electron chi connectivity index (χ0n) is 47.6. The Morgan fingerprint density at radius 2 is 0.327 bits per heavy atom. The van der Waals surface area contributed by atoms with Gasteiger partial charge in [-0.15, -0.1) is 52.6 Å². The molecule has 0 saturated heterocycles. The summed E-state index contributed by atoms with van der Waals surface area (Å²) in [5.41, 5.74) is -2.42. The summed E-state index contributed by atoms with van der Waals surface area (Å²) in [6, 6.07) is 0. The van der Waals surface area contributed by atoms with Gasteiger partial charge in [0.25, 0.3) is 0 Å². The van der Waals surface area contributed by atoms with Crippen molar-refractivity contribution in [3.05, 3.63) is 52.6 Å². The molecule has 0 spiro atoms. The molecule has 16 N–H and O–H groups in total. The summed E-state index contributed by atoms with van der Waals surface area (Å²) in [5.74, 6) is 0. The molecule has 624 valence electrons. The van der Waals surface area contributed by atoms with Gasteiger partial charge in [-0.1, -0.05) is 119 Å². The van der Waals surface area contributed by atoms with E-state index in [9.17, 15) is 40.9 Å². The third-order valence-corrected chi connectivity index (χ3v) is 9.83. The van der Waals surface area contributed by atoms with E-state index in [2.05, 4.69) is 72.2 Å². The lowest BCUT2D eigenvalue weighted by Gasteiger charge is -2.37. The van der Waals surface area contributed by atoms with E-state index < -0.39 is 139 Å². The Morgan fingerprint density at radius 1 is 0.204 bits per heavy atom. The minimum absolute atomic E-state index is 0. The Kier molecular flexibility index (Phi) is 201. The topological polar surface area (TPSA) is 471 Å². The average Bonchev–Trinajstić information content (AvgIpc) is 2.33. The van der Waals surface area contributed by atoms with Gasteiger partial charge in [-0.3, -0.25) is 21.0 Å². The number of hydrogen-bond acceptors (Lipinski definition) is 32. The molecule has 0 aliphatic carbocycles. The summed E-state index contributed by atoms with van der Waals surface area (Å²) in [7, 11) is 0. The van der Waals surface area contributed by atoms with Crippen molar-refractivity contribution in [3.8, 4) is 0 Å². The lowest BCUT2D eigenvalue weighted by molar-refractivity contribution is -0.303.